The zero-order valence-corrected chi connectivity index (χ0v) is 19.5. The molecule has 174 valence electrons. The summed E-state index contributed by atoms with van der Waals surface area (Å²) in [4.78, 5) is 17.2. The van der Waals surface area contributed by atoms with Crippen molar-refractivity contribution in [3.63, 3.8) is 0 Å². The topological polar surface area (TPSA) is 114 Å². The van der Waals surface area contributed by atoms with Crippen LogP contribution in [0, 0.1) is 5.92 Å². The molecule has 1 aliphatic rings. The number of aromatic nitrogens is 2. The molecule has 0 unspecified atom stereocenters. The highest BCUT2D eigenvalue weighted by molar-refractivity contribution is 7.88. The van der Waals surface area contributed by atoms with Crippen molar-refractivity contribution < 1.29 is 17.7 Å². The molecule has 1 saturated carbocycles. The third kappa shape index (κ3) is 5.85. The van der Waals surface area contributed by atoms with E-state index >= 15 is 0 Å². The lowest BCUT2D eigenvalue weighted by atomic mass is 10.0. The van der Waals surface area contributed by atoms with Crippen LogP contribution in [0.3, 0.4) is 0 Å². The average molecular weight is 469 g/mol. The van der Waals surface area contributed by atoms with Gasteiger partial charge in [-0.1, -0.05) is 65.8 Å². The summed E-state index contributed by atoms with van der Waals surface area (Å²) in [6.07, 6.45) is 0.786. The van der Waals surface area contributed by atoms with Crippen LogP contribution in [0.5, 0.6) is 0 Å². The van der Waals surface area contributed by atoms with Crippen LogP contribution in [-0.4, -0.2) is 36.5 Å². The van der Waals surface area contributed by atoms with Crippen LogP contribution in [0.25, 0.3) is 11.4 Å². The summed E-state index contributed by atoms with van der Waals surface area (Å²) in [6, 6.07) is 17.9. The van der Waals surface area contributed by atoms with Crippen molar-refractivity contribution in [1.29, 1.82) is 0 Å². The molecule has 0 radical (unpaired) electrons. The van der Waals surface area contributed by atoms with Crippen LogP contribution >= 0.6 is 0 Å². The summed E-state index contributed by atoms with van der Waals surface area (Å²) in [5.74, 6) is -0.216. The van der Waals surface area contributed by atoms with Crippen LogP contribution < -0.4 is 10.0 Å². The minimum Gasteiger partial charge on any atom is -0.354 e. The van der Waals surface area contributed by atoms with Gasteiger partial charge in [0.25, 0.3) is 0 Å². The molecule has 0 aliphatic heterocycles. The maximum atomic E-state index is 12.9. The second-order valence-electron chi connectivity index (χ2n) is 8.73. The highest BCUT2D eigenvalue weighted by Crippen LogP contribution is 2.39. The van der Waals surface area contributed by atoms with Crippen LogP contribution in [-0.2, 0) is 20.6 Å². The average Bonchev–Trinajstić information content (AvgIpc) is 3.41. The normalized spacial score (nSPS) is 20.8. The van der Waals surface area contributed by atoms with Gasteiger partial charge in [-0.2, -0.15) is 4.98 Å². The Balaban J connectivity index is 1.57. The quantitative estimate of drug-likeness (QED) is 0.525. The molecule has 1 heterocycles. The number of nitrogens with one attached hydrogen (secondary N) is 2. The monoisotopic (exact) mass is 468 g/mol. The summed E-state index contributed by atoms with van der Waals surface area (Å²) < 4.78 is 34.2. The lowest BCUT2D eigenvalue weighted by Crippen LogP contribution is -2.38. The van der Waals surface area contributed by atoms with Gasteiger partial charge in [-0.3, -0.25) is 4.79 Å². The summed E-state index contributed by atoms with van der Waals surface area (Å²) in [5, 5.41) is 7.01. The molecule has 0 spiro atoms. The Morgan fingerprint density at radius 3 is 2.39 bits per heavy atom. The Hall–Kier alpha value is -3.04. The van der Waals surface area contributed by atoms with E-state index in [2.05, 4.69) is 20.2 Å². The second-order valence-corrected chi connectivity index (χ2v) is 10.5. The smallest absolute Gasteiger partial charge is 0.231 e. The molecular weight excluding hydrogens is 440 g/mol. The SMILES string of the molecule is CC(C)NC(=O)[C@H]1C[C@H](NS(=O)(=O)Cc2ccccc2)[C@H](c2nc(-c3ccccc3)no2)C1. The standard InChI is InChI=1S/C24H28N4O4S/c1-16(2)25-23(29)19-13-20(24-26-22(27-32-24)18-11-7-4-8-12-18)21(14-19)28-33(30,31)15-17-9-5-3-6-10-17/h3-12,16,19-21,28H,13-15H2,1-2H3,(H,25,29)/t19-,20-,21+/m1/s1. The molecule has 0 bridgehead atoms. The fourth-order valence-electron chi connectivity index (χ4n) is 4.21. The number of carbonyl (C=O) groups excluding carboxylic acids is 1. The van der Waals surface area contributed by atoms with Crippen molar-refractivity contribution in [2.24, 2.45) is 5.92 Å². The lowest BCUT2D eigenvalue weighted by molar-refractivity contribution is -0.125. The Morgan fingerprint density at radius 1 is 1.06 bits per heavy atom. The molecule has 0 saturated heterocycles. The number of sulfonamides is 1. The van der Waals surface area contributed by atoms with Crippen molar-refractivity contribution >= 4 is 15.9 Å². The van der Waals surface area contributed by atoms with E-state index in [1.807, 2.05) is 50.2 Å². The lowest BCUT2D eigenvalue weighted by Gasteiger charge is -2.18. The number of amides is 1. The molecule has 1 fully saturated rings. The van der Waals surface area contributed by atoms with Crippen molar-refractivity contribution in [3.8, 4) is 11.4 Å². The molecule has 9 heteroatoms. The van der Waals surface area contributed by atoms with Gasteiger partial charge in [0.2, 0.25) is 27.6 Å². The highest BCUT2D eigenvalue weighted by Gasteiger charge is 2.43. The van der Waals surface area contributed by atoms with Gasteiger partial charge in [0.05, 0.1) is 11.7 Å². The van der Waals surface area contributed by atoms with E-state index in [9.17, 15) is 13.2 Å². The van der Waals surface area contributed by atoms with Crippen molar-refractivity contribution in [3.05, 3.63) is 72.1 Å². The van der Waals surface area contributed by atoms with E-state index in [1.165, 1.54) is 0 Å². The van der Waals surface area contributed by atoms with Gasteiger partial charge in [0, 0.05) is 23.6 Å². The number of hydrogen-bond acceptors (Lipinski definition) is 6. The van der Waals surface area contributed by atoms with Crippen LogP contribution in [0.1, 0.15) is 44.1 Å². The van der Waals surface area contributed by atoms with Crippen molar-refractivity contribution in [1.82, 2.24) is 20.2 Å². The predicted octanol–water partition coefficient (Wildman–Crippen LogP) is 3.24. The first kappa shape index (κ1) is 23.1. The third-order valence-corrected chi connectivity index (χ3v) is 7.06. The molecule has 33 heavy (non-hydrogen) atoms. The minimum absolute atomic E-state index is 0.00198. The minimum atomic E-state index is -3.65. The third-order valence-electron chi connectivity index (χ3n) is 5.69. The Labute approximate surface area is 193 Å². The van der Waals surface area contributed by atoms with Crippen LogP contribution in [0.15, 0.2) is 65.2 Å². The first-order valence-corrected chi connectivity index (χ1v) is 12.7. The highest BCUT2D eigenvalue weighted by atomic mass is 32.2. The first-order valence-electron chi connectivity index (χ1n) is 11.0. The van der Waals surface area contributed by atoms with Gasteiger partial charge in [-0.15, -0.1) is 0 Å². The van der Waals surface area contributed by atoms with Gasteiger partial charge in [-0.25, -0.2) is 13.1 Å². The number of carbonyl (C=O) groups is 1. The van der Waals surface area contributed by atoms with Gasteiger partial charge < -0.3 is 9.84 Å². The molecule has 2 N–H and O–H groups in total. The van der Waals surface area contributed by atoms with E-state index in [1.54, 1.807) is 24.3 Å². The van der Waals surface area contributed by atoms with Crippen molar-refractivity contribution in [2.45, 2.75) is 50.4 Å². The number of hydrogen-bond donors (Lipinski definition) is 2. The fraction of sp³-hybridized carbons (Fsp3) is 0.375. The van der Waals surface area contributed by atoms with E-state index < -0.39 is 22.0 Å². The zero-order valence-electron chi connectivity index (χ0n) is 18.6. The fourth-order valence-corrected chi connectivity index (χ4v) is 5.65. The molecule has 1 amide bonds. The molecule has 1 aromatic heterocycles. The Kier molecular flexibility index (Phi) is 6.90. The van der Waals surface area contributed by atoms with E-state index in [4.69, 9.17) is 4.52 Å². The van der Waals surface area contributed by atoms with Crippen LogP contribution in [0.4, 0.5) is 0 Å². The largest absolute Gasteiger partial charge is 0.354 e. The number of rotatable bonds is 8. The van der Waals surface area contributed by atoms with Gasteiger partial charge in [0.15, 0.2) is 0 Å². The molecular formula is C24H28N4O4S. The molecule has 8 nitrogen and oxygen atoms in total. The molecule has 2 aromatic carbocycles. The summed E-state index contributed by atoms with van der Waals surface area (Å²) in [7, 11) is -3.65. The summed E-state index contributed by atoms with van der Waals surface area (Å²) >= 11 is 0. The predicted molar refractivity (Wildman–Crippen MR) is 124 cm³/mol. The van der Waals surface area contributed by atoms with E-state index in [0.29, 0.717) is 30.1 Å². The maximum absolute atomic E-state index is 12.9. The zero-order chi connectivity index (χ0) is 23.4. The van der Waals surface area contributed by atoms with Crippen LogP contribution in [0.2, 0.25) is 0 Å². The van der Waals surface area contributed by atoms with Gasteiger partial charge >= 0.3 is 0 Å². The Morgan fingerprint density at radius 2 is 1.73 bits per heavy atom. The maximum Gasteiger partial charge on any atom is 0.231 e. The molecule has 4 rings (SSSR count). The molecule has 1 aliphatic carbocycles. The number of nitrogens with zero attached hydrogens (tertiary/aromatic N) is 2. The first-order chi connectivity index (χ1) is 15.8. The summed E-state index contributed by atoms with van der Waals surface area (Å²) in [5.41, 5.74) is 1.50. The Bertz CT molecular complexity index is 1180. The second kappa shape index (κ2) is 9.84. The molecule has 3 aromatic rings. The number of benzene rings is 2. The van der Waals surface area contributed by atoms with Gasteiger partial charge in [-0.05, 0) is 32.3 Å². The molecule has 3 atom stereocenters. The summed E-state index contributed by atoms with van der Waals surface area (Å²) in [6.45, 7) is 3.79. The van der Waals surface area contributed by atoms with Crippen molar-refractivity contribution in [2.75, 3.05) is 0 Å². The van der Waals surface area contributed by atoms with Gasteiger partial charge in [0.1, 0.15) is 0 Å². The van der Waals surface area contributed by atoms with E-state index in [-0.39, 0.29) is 23.6 Å². The van der Waals surface area contributed by atoms with E-state index in [0.717, 1.165) is 5.56 Å².